The van der Waals surface area contributed by atoms with Gasteiger partial charge in [-0.3, -0.25) is 5.43 Å². The van der Waals surface area contributed by atoms with E-state index in [0.717, 1.165) is 34.4 Å². The van der Waals surface area contributed by atoms with Gasteiger partial charge in [0.2, 0.25) is 0 Å². The van der Waals surface area contributed by atoms with E-state index in [1.165, 1.54) is 23.3 Å². The highest BCUT2D eigenvalue weighted by Crippen LogP contribution is 2.38. The number of hydrogen-bond acceptors (Lipinski definition) is 7. The number of anilines is 1. The fraction of sp³-hybridized carbons (Fsp3) is 0.316. The summed E-state index contributed by atoms with van der Waals surface area (Å²) in [7, 11) is 3.24. The highest BCUT2D eigenvalue weighted by Gasteiger charge is 2.19. The van der Waals surface area contributed by atoms with Crippen LogP contribution in [0.15, 0.2) is 29.6 Å². The molecule has 0 aliphatic heterocycles. The average molecular weight is 368 g/mol. The van der Waals surface area contributed by atoms with Crippen molar-refractivity contribution in [3.63, 3.8) is 0 Å². The van der Waals surface area contributed by atoms with Crippen molar-refractivity contribution in [2.75, 3.05) is 19.6 Å². The summed E-state index contributed by atoms with van der Waals surface area (Å²) in [6.45, 7) is 0. The molecule has 134 valence electrons. The van der Waals surface area contributed by atoms with E-state index < -0.39 is 0 Å². The molecule has 7 heteroatoms. The van der Waals surface area contributed by atoms with E-state index >= 15 is 0 Å². The van der Waals surface area contributed by atoms with Gasteiger partial charge in [-0.1, -0.05) is 6.07 Å². The molecule has 0 bridgehead atoms. The minimum absolute atomic E-state index is 0.654. The number of ether oxygens (including phenoxy) is 2. The molecular weight excluding hydrogens is 348 g/mol. The van der Waals surface area contributed by atoms with Crippen molar-refractivity contribution < 1.29 is 9.47 Å². The molecule has 6 nitrogen and oxygen atoms in total. The summed E-state index contributed by atoms with van der Waals surface area (Å²) in [5, 5.41) is 5.49. The molecule has 0 radical (unpaired) electrons. The van der Waals surface area contributed by atoms with Crippen LogP contribution < -0.4 is 14.9 Å². The Kier molecular flexibility index (Phi) is 4.71. The molecule has 2 heterocycles. The van der Waals surface area contributed by atoms with Crippen LogP contribution in [0.2, 0.25) is 0 Å². The first-order chi connectivity index (χ1) is 12.8. The number of aromatic nitrogens is 2. The van der Waals surface area contributed by atoms with Crippen molar-refractivity contribution in [2.45, 2.75) is 25.7 Å². The zero-order valence-corrected chi connectivity index (χ0v) is 15.6. The van der Waals surface area contributed by atoms with Crippen LogP contribution in [-0.4, -0.2) is 30.4 Å². The van der Waals surface area contributed by atoms with Crippen LogP contribution in [0.1, 0.15) is 28.8 Å². The number of methoxy groups -OCH3 is 2. The Balaban J connectivity index is 1.65. The summed E-state index contributed by atoms with van der Waals surface area (Å²) in [6, 6.07) is 5.69. The number of rotatable bonds is 5. The molecule has 2 aromatic heterocycles. The van der Waals surface area contributed by atoms with Gasteiger partial charge in [0.25, 0.3) is 0 Å². The number of hydrazone groups is 1. The number of thiophene rings is 1. The summed E-state index contributed by atoms with van der Waals surface area (Å²) >= 11 is 1.78. The molecule has 1 aromatic carbocycles. The quantitative estimate of drug-likeness (QED) is 0.544. The second-order valence-corrected chi connectivity index (χ2v) is 7.15. The summed E-state index contributed by atoms with van der Waals surface area (Å²) in [5.41, 5.74) is 5.30. The van der Waals surface area contributed by atoms with Crippen LogP contribution in [0, 0.1) is 0 Å². The third-order valence-electron chi connectivity index (χ3n) is 4.56. The molecule has 0 amide bonds. The second-order valence-electron chi connectivity index (χ2n) is 6.07. The molecular formula is C19H20N4O2S. The summed E-state index contributed by atoms with van der Waals surface area (Å²) in [4.78, 5) is 11.3. The van der Waals surface area contributed by atoms with Crippen molar-refractivity contribution in [1.82, 2.24) is 9.97 Å². The van der Waals surface area contributed by atoms with E-state index in [0.29, 0.717) is 11.5 Å². The summed E-state index contributed by atoms with van der Waals surface area (Å²) in [6.07, 6.45) is 8.01. The molecule has 0 unspecified atom stereocenters. The van der Waals surface area contributed by atoms with Gasteiger partial charge in [0, 0.05) is 10.4 Å². The van der Waals surface area contributed by atoms with Crippen molar-refractivity contribution in [1.29, 1.82) is 0 Å². The smallest absolute Gasteiger partial charge is 0.169 e. The molecule has 0 saturated heterocycles. The Labute approximate surface area is 155 Å². The third kappa shape index (κ3) is 2.99. The van der Waals surface area contributed by atoms with Gasteiger partial charge in [-0.05, 0) is 43.4 Å². The van der Waals surface area contributed by atoms with Crippen molar-refractivity contribution in [3.05, 3.63) is 40.5 Å². The standard InChI is InChI=1S/C19H20N4O2S/c1-24-14-8-5-6-12(17(14)25-2)10-22-23-18-16-13-7-3-4-9-15(13)26-19(16)21-11-20-18/h5-6,8,10-11H,3-4,7,9H2,1-2H3,(H,20,21,23). The molecule has 0 saturated carbocycles. The molecule has 26 heavy (non-hydrogen) atoms. The first kappa shape index (κ1) is 16.8. The van der Waals surface area contributed by atoms with Crippen molar-refractivity contribution >= 4 is 33.6 Å². The van der Waals surface area contributed by atoms with Crippen LogP contribution >= 0.6 is 11.3 Å². The monoisotopic (exact) mass is 368 g/mol. The van der Waals surface area contributed by atoms with Gasteiger partial charge < -0.3 is 9.47 Å². The number of hydrogen-bond donors (Lipinski definition) is 1. The van der Waals surface area contributed by atoms with Crippen molar-refractivity contribution in [2.24, 2.45) is 5.10 Å². The van der Waals surface area contributed by atoms with E-state index in [2.05, 4.69) is 20.5 Å². The molecule has 0 fully saturated rings. The molecule has 1 N–H and O–H groups in total. The lowest BCUT2D eigenvalue weighted by Gasteiger charge is -2.11. The highest BCUT2D eigenvalue weighted by atomic mass is 32.1. The number of fused-ring (bicyclic) bond motifs is 3. The normalized spacial score (nSPS) is 13.8. The number of aryl methyl sites for hydroxylation is 2. The second kappa shape index (κ2) is 7.29. The Bertz CT molecular complexity index is 968. The zero-order valence-electron chi connectivity index (χ0n) is 14.8. The largest absolute Gasteiger partial charge is 0.493 e. The molecule has 0 atom stereocenters. The minimum atomic E-state index is 0.654. The van der Waals surface area contributed by atoms with Gasteiger partial charge in [0.05, 0.1) is 25.8 Å². The SMILES string of the molecule is COc1cccc(C=NNc2ncnc3sc4c(c23)CCCC4)c1OC. The minimum Gasteiger partial charge on any atom is -0.493 e. The van der Waals surface area contributed by atoms with Gasteiger partial charge in [-0.2, -0.15) is 5.10 Å². The first-order valence-electron chi connectivity index (χ1n) is 8.57. The van der Waals surface area contributed by atoms with Gasteiger partial charge in [-0.25, -0.2) is 9.97 Å². The van der Waals surface area contributed by atoms with Crippen LogP contribution in [0.3, 0.4) is 0 Å². The predicted molar refractivity (Wildman–Crippen MR) is 105 cm³/mol. The lowest BCUT2D eigenvalue weighted by Crippen LogP contribution is -2.01. The summed E-state index contributed by atoms with van der Waals surface area (Å²) in [5.74, 6) is 2.08. The number of nitrogens with zero attached hydrogens (tertiary/aromatic N) is 3. The number of benzene rings is 1. The predicted octanol–water partition coefficient (Wildman–Crippen LogP) is 4.03. The molecule has 0 spiro atoms. The van der Waals surface area contributed by atoms with Crippen LogP contribution in [0.4, 0.5) is 5.82 Å². The van der Waals surface area contributed by atoms with Crippen LogP contribution in [-0.2, 0) is 12.8 Å². The van der Waals surface area contributed by atoms with Crippen LogP contribution in [0.5, 0.6) is 11.5 Å². The Morgan fingerprint density at radius 3 is 2.88 bits per heavy atom. The third-order valence-corrected chi connectivity index (χ3v) is 5.76. The maximum Gasteiger partial charge on any atom is 0.169 e. The first-order valence-corrected chi connectivity index (χ1v) is 9.38. The molecule has 1 aliphatic rings. The molecule has 4 rings (SSSR count). The fourth-order valence-corrected chi connectivity index (χ4v) is 4.58. The van der Waals surface area contributed by atoms with Gasteiger partial charge in [0.15, 0.2) is 17.3 Å². The molecule has 3 aromatic rings. The highest BCUT2D eigenvalue weighted by molar-refractivity contribution is 7.19. The number of nitrogens with one attached hydrogen (secondary N) is 1. The van der Waals surface area contributed by atoms with Gasteiger partial charge in [-0.15, -0.1) is 11.3 Å². The topological polar surface area (TPSA) is 68.6 Å². The Hall–Kier alpha value is -2.67. The van der Waals surface area contributed by atoms with Gasteiger partial charge >= 0.3 is 0 Å². The maximum atomic E-state index is 5.43. The zero-order chi connectivity index (χ0) is 17.9. The Morgan fingerprint density at radius 1 is 1.15 bits per heavy atom. The fourth-order valence-electron chi connectivity index (χ4n) is 3.35. The van der Waals surface area contributed by atoms with Crippen molar-refractivity contribution in [3.8, 4) is 11.5 Å². The lowest BCUT2D eigenvalue weighted by molar-refractivity contribution is 0.354. The lowest BCUT2D eigenvalue weighted by atomic mass is 9.97. The summed E-state index contributed by atoms with van der Waals surface area (Å²) < 4.78 is 10.8. The van der Waals surface area contributed by atoms with E-state index in [9.17, 15) is 0 Å². The van der Waals surface area contributed by atoms with Gasteiger partial charge in [0.1, 0.15) is 11.2 Å². The molecule has 1 aliphatic carbocycles. The van der Waals surface area contributed by atoms with E-state index in [-0.39, 0.29) is 0 Å². The average Bonchev–Trinajstić information content (AvgIpc) is 3.07. The number of para-hydroxylation sites is 1. The van der Waals surface area contributed by atoms with E-state index in [4.69, 9.17) is 9.47 Å². The van der Waals surface area contributed by atoms with Crippen LogP contribution in [0.25, 0.3) is 10.2 Å². The Morgan fingerprint density at radius 2 is 2.04 bits per heavy atom. The maximum absolute atomic E-state index is 5.43. The van der Waals surface area contributed by atoms with E-state index in [1.807, 2.05) is 18.2 Å². The van der Waals surface area contributed by atoms with E-state index in [1.54, 1.807) is 38.1 Å².